The molecule has 0 aliphatic carbocycles. The van der Waals surface area contributed by atoms with E-state index in [4.69, 9.17) is 11.0 Å². The summed E-state index contributed by atoms with van der Waals surface area (Å²) in [4.78, 5) is 17.7. The quantitative estimate of drug-likeness (QED) is 0.852. The molecule has 17 heavy (non-hydrogen) atoms. The van der Waals surface area contributed by atoms with Crippen LogP contribution in [-0.2, 0) is 0 Å². The number of aromatic nitrogens is 1. The van der Waals surface area contributed by atoms with Gasteiger partial charge in [0.05, 0.1) is 18.1 Å². The molecule has 0 aliphatic rings. The molecule has 0 saturated carbocycles. The van der Waals surface area contributed by atoms with Gasteiger partial charge in [0.15, 0.2) is 0 Å². The zero-order valence-corrected chi connectivity index (χ0v) is 10.3. The second-order valence-corrected chi connectivity index (χ2v) is 4.04. The fourth-order valence-corrected chi connectivity index (χ4v) is 1.42. The van der Waals surface area contributed by atoms with Gasteiger partial charge in [0.2, 0.25) is 0 Å². The van der Waals surface area contributed by atoms with Crippen molar-refractivity contribution in [1.82, 2.24) is 9.88 Å². The lowest BCUT2D eigenvalue weighted by molar-refractivity contribution is 0.0747. The number of nitrogen functional groups attached to an aromatic ring is 1. The van der Waals surface area contributed by atoms with Crippen LogP contribution in [0.3, 0.4) is 0 Å². The number of nitrogens with two attached hydrogens (primary N) is 1. The van der Waals surface area contributed by atoms with Gasteiger partial charge in [-0.2, -0.15) is 5.26 Å². The molecule has 1 aromatic rings. The van der Waals surface area contributed by atoms with Crippen molar-refractivity contribution in [2.24, 2.45) is 0 Å². The zero-order chi connectivity index (χ0) is 13.0. The number of amides is 1. The molecule has 1 amide bonds. The molecule has 0 saturated heterocycles. The van der Waals surface area contributed by atoms with Crippen LogP contribution in [0.25, 0.3) is 0 Å². The van der Waals surface area contributed by atoms with Crippen LogP contribution < -0.4 is 5.73 Å². The van der Waals surface area contributed by atoms with Crippen molar-refractivity contribution in [3.05, 3.63) is 23.5 Å². The number of hydrogen-bond acceptors (Lipinski definition) is 4. The van der Waals surface area contributed by atoms with Crippen molar-refractivity contribution in [1.29, 1.82) is 5.26 Å². The molecular formula is C12H16N4O. The minimum absolute atomic E-state index is 0.145. The lowest BCUT2D eigenvalue weighted by Crippen LogP contribution is -2.35. The van der Waals surface area contributed by atoms with E-state index in [0.717, 1.165) is 5.69 Å². The molecule has 0 aliphatic heterocycles. The summed E-state index contributed by atoms with van der Waals surface area (Å²) in [5.41, 5.74) is 7.34. The lowest BCUT2D eigenvalue weighted by atomic mass is 10.1. The summed E-state index contributed by atoms with van der Waals surface area (Å²) < 4.78 is 0. The monoisotopic (exact) mass is 232 g/mol. The third-order valence-electron chi connectivity index (χ3n) is 2.67. The molecule has 2 N–H and O–H groups in total. The fraction of sp³-hybridized carbons (Fsp3) is 0.417. The number of pyridine rings is 1. The molecule has 0 aromatic carbocycles. The van der Waals surface area contributed by atoms with E-state index in [9.17, 15) is 4.79 Å². The average molecular weight is 232 g/mol. The highest BCUT2D eigenvalue weighted by Gasteiger charge is 2.19. The van der Waals surface area contributed by atoms with Crippen LogP contribution in [0.4, 0.5) is 5.69 Å². The topological polar surface area (TPSA) is 83.0 Å². The fourth-order valence-electron chi connectivity index (χ4n) is 1.42. The van der Waals surface area contributed by atoms with Crippen molar-refractivity contribution in [3.63, 3.8) is 0 Å². The van der Waals surface area contributed by atoms with Gasteiger partial charge >= 0.3 is 0 Å². The van der Waals surface area contributed by atoms with Gasteiger partial charge in [-0.3, -0.25) is 9.78 Å². The van der Waals surface area contributed by atoms with Crippen LogP contribution in [0.15, 0.2) is 12.3 Å². The first kappa shape index (κ1) is 13.0. The largest absolute Gasteiger partial charge is 0.398 e. The van der Waals surface area contributed by atoms with Crippen LogP contribution in [0.1, 0.15) is 29.4 Å². The van der Waals surface area contributed by atoms with E-state index in [-0.39, 0.29) is 11.9 Å². The number of carbonyl (C=O) groups is 1. The summed E-state index contributed by atoms with van der Waals surface area (Å²) in [6, 6.07) is 3.56. The molecule has 0 fully saturated rings. The van der Waals surface area contributed by atoms with E-state index >= 15 is 0 Å². The molecule has 0 bridgehead atoms. The predicted molar refractivity (Wildman–Crippen MR) is 65.2 cm³/mol. The third kappa shape index (κ3) is 2.94. The van der Waals surface area contributed by atoms with Gasteiger partial charge in [-0.1, -0.05) is 0 Å². The summed E-state index contributed by atoms with van der Waals surface area (Å²) in [6.45, 7) is 3.63. The van der Waals surface area contributed by atoms with Gasteiger partial charge in [0.1, 0.15) is 0 Å². The van der Waals surface area contributed by atoms with E-state index in [2.05, 4.69) is 4.98 Å². The molecule has 1 unspecified atom stereocenters. The Labute approximate surface area is 101 Å². The first-order valence-corrected chi connectivity index (χ1v) is 5.33. The Bertz CT molecular complexity index is 464. The van der Waals surface area contributed by atoms with Crippen molar-refractivity contribution < 1.29 is 4.79 Å². The van der Waals surface area contributed by atoms with Crippen LogP contribution in [0, 0.1) is 18.3 Å². The van der Waals surface area contributed by atoms with E-state index in [0.29, 0.717) is 17.7 Å². The number of carbonyl (C=O) groups excluding carboxylic acids is 1. The Morgan fingerprint density at radius 2 is 2.35 bits per heavy atom. The highest BCUT2D eigenvalue weighted by Crippen LogP contribution is 2.15. The summed E-state index contributed by atoms with van der Waals surface area (Å²) in [7, 11) is 1.66. The molecule has 1 heterocycles. The van der Waals surface area contributed by atoms with E-state index in [1.807, 2.05) is 19.9 Å². The number of nitriles is 1. The van der Waals surface area contributed by atoms with Gasteiger partial charge in [-0.05, 0) is 19.9 Å². The number of aryl methyl sites for hydroxylation is 1. The minimum atomic E-state index is -0.210. The molecule has 90 valence electrons. The molecule has 1 rings (SSSR count). The van der Waals surface area contributed by atoms with E-state index in [1.54, 1.807) is 13.1 Å². The number of rotatable bonds is 3. The minimum Gasteiger partial charge on any atom is -0.398 e. The van der Waals surface area contributed by atoms with Gasteiger partial charge in [0, 0.05) is 30.7 Å². The van der Waals surface area contributed by atoms with Crippen molar-refractivity contribution in [2.75, 3.05) is 12.8 Å². The van der Waals surface area contributed by atoms with Crippen molar-refractivity contribution in [3.8, 4) is 6.07 Å². The highest BCUT2D eigenvalue weighted by molar-refractivity contribution is 5.98. The first-order chi connectivity index (χ1) is 7.97. The van der Waals surface area contributed by atoms with Crippen LogP contribution in [-0.4, -0.2) is 28.9 Å². The molecular weight excluding hydrogens is 216 g/mol. The molecule has 5 heteroatoms. The number of nitrogens with zero attached hydrogens (tertiary/aromatic N) is 3. The normalized spacial score (nSPS) is 11.6. The SMILES string of the molecule is Cc1cc(N)c(C(=O)N(C)C(C)CC#N)cn1. The predicted octanol–water partition coefficient (Wildman–Crippen LogP) is 1.35. The van der Waals surface area contributed by atoms with Crippen LogP contribution in [0.2, 0.25) is 0 Å². The third-order valence-corrected chi connectivity index (χ3v) is 2.67. The van der Waals surface area contributed by atoms with Crippen molar-refractivity contribution >= 4 is 11.6 Å². The van der Waals surface area contributed by atoms with Crippen LogP contribution in [0.5, 0.6) is 0 Å². The molecule has 5 nitrogen and oxygen atoms in total. The first-order valence-electron chi connectivity index (χ1n) is 5.33. The van der Waals surface area contributed by atoms with E-state index < -0.39 is 0 Å². The summed E-state index contributed by atoms with van der Waals surface area (Å²) in [5.74, 6) is -0.210. The van der Waals surface area contributed by atoms with Crippen LogP contribution >= 0.6 is 0 Å². The molecule has 1 aromatic heterocycles. The van der Waals surface area contributed by atoms with Gasteiger partial charge in [0.25, 0.3) is 5.91 Å². The Balaban J connectivity index is 2.93. The Kier molecular flexibility index (Phi) is 4.05. The Morgan fingerprint density at radius 1 is 1.71 bits per heavy atom. The molecule has 1 atom stereocenters. The standard InChI is InChI=1S/C12H16N4O/c1-8-6-11(14)10(7-15-8)12(17)16(3)9(2)4-5-13/h6-7,9H,4H2,1-3H3,(H2,14,15). The van der Waals surface area contributed by atoms with Gasteiger partial charge in [-0.25, -0.2) is 0 Å². The molecule has 0 spiro atoms. The van der Waals surface area contributed by atoms with Crippen molar-refractivity contribution in [2.45, 2.75) is 26.3 Å². The number of hydrogen-bond donors (Lipinski definition) is 1. The van der Waals surface area contributed by atoms with Gasteiger partial charge < -0.3 is 10.6 Å². The maximum atomic E-state index is 12.1. The second-order valence-electron chi connectivity index (χ2n) is 4.04. The Hall–Kier alpha value is -2.09. The number of anilines is 1. The maximum Gasteiger partial charge on any atom is 0.257 e. The van der Waals surface area contributed by atoms with Gasteiger partial charge in [-0.15, -0.1) is 0 Å². The second kappa shape index (κ2) is 5.30. The smallest absolute Gasteiger partial charge is 0.257 e. The summed E-state index contributed by atoms with van der Waals surface area (Å²) >= 11 is 0. The average Bonchev–Trinajstić information content (AvgIpc) is 2.27. The zero-order valence-electron chi connectivity index (χ0n) is 10.3. The Morgan fingerprint density at radius 3 is 2.88 bits per heavy atom. The molecule has 0 radical (unpaired) electrons. The van der Waals surface area contributed by atoms with E-state index in [1.165, 1.54) is 11.1 Å². The maximum absolute atomic E-state index is 12.1. The summed E-state index contributed by atoms with van der Waals surface area (Å²) in [6.07, 6.45) is 1.77. The lowest BCUT2D eigenvalue weighted by Gasteiger charge is -2.23. The summed E-state index contributed by atoms with van der Waals surface area (Å²) in [5, 5.41) is 8.60. The highest BCUT2D eigenvalue weighted by atomic mass is 16.2.